The molecule has 1 aromatic carbocycles. The molecule has 0 saturated carbocycles. The lowest BCUT2D eigenvalue weighted by Crippen LogP contribution is -2.44. The Morgan fingerprint density at radius 2 is 1.82 bits per heavy atom. The molecule has 1 amide bonds. The van der Waals surface area contributed by atoms with Gasteiger partial charge in [-0.15, -0.1) is 0 Å². The van der Waals surface area contributed by atoms with Gasteiger partial charge in [-0.05, 0) is 30.7 Å². The molecule has 0 N–H and O–H groups in total. The van der Waals surface area contributed by atoms with Gasteiger partial charge in [-0.2, -0.15) is 5.10 Å². The summed E-state index contributed by atoms with van der Waals surface area (Å²) >= 11 is 0. The Balaban J connectivity index is 1.29. The van der Waals surface area contributed by atoms with Gasteiger partial charge in [0.25, 0.3) is 5.91 Å². The molecular weight excluding hydrogens is 456 g/mol. The lowest BCUT2D eigenvalue weighted by Gasteiger charge is -2.33. The minimum absolute atomic E-state index is 0.0603. The van der Waals surface area contributed by atoms with E-state index in [0.717, 1.165) is 31.5 Å². The molecule has 2 aromatic heterocycles. The molecule has 2 aliphatic rings. The van der Waals surface area contributed by atoms with Crippen LogP contribution in [0.5, 0.6) is 5.88 Å². The molecule has 0 aliphatic carbocycles. The summed E-state index contributed by atoms with van der Waals surface area (Å²) in [7, 11) is -1.32. The molecule has 1 fully saturated rings. The Kier molecular flexibility index (Phi) is 5.72. The van der Waals surface area contributed by atoms with Crippen molar-refractivity contribution in [3.63, 3.8) is 0 Å². The standard InChI is InChI=1S/C23H26N6O4S/c1-27-11-3-4-20(27)23(30)28-12-9-17(10-13-28)33-22-19-14-26-29(21(19)24-15-25-22)16-5-7-18(8-6-16)34(2,31)32/h4-8,14-15,17H,3,9-13H2,1-2H3. The highest BCUT2D eigenvalue weighted by atomic mass is 32.2. The molecule has 2 aliphatic heterocycles. The first-order chi connectivity index (χ1) is 16.3. The smallest absolute Gasteiger partial charge is 0.269 e. The van der Waals surface area contributed by atoms with E-state index >= 15 is 0 Å². The molecule has 34 heavy (non-hydrogen) atoms. The number of carbonyl (C=O) groups excluding carboxylic acids is 1. The number of ether oxygens (including phenoxy) is 1. The van der Waals surface area contributed by atoms with E-state index in [-0.39, 0.29) is 16.9 Å². The largest absolute Gasteiger partial charge is 0.474 e. The molecule has 10 nitrogen and oxygen atoms in total. The molecule has 0 unspecified atom stereocenters. The van der Waals surface area contributed by atoms with Gasteiger partial charge in [-0.3, -0.25) is 4.79 Å². The Morgan fingerprint density at radius 3 is 2.47 bits per heavy atom. The SMILES string of the molecule is CN1CCC=C1C(=O)N1CCC(Oc2ncnc3c2cnn3-c2ccc(S(C)(=O)=O)cc2)CC1. The predicted molar refractivity (Wildman–Crippen MR) is 125 cm³/mol. The molecule has 1 saturated heterocycles. The molecule has 3 aromatic rings. The lowest BCUT2D eigenvalue weighted by atomic mass is 10.1. The van der Waals surface area contributed by atoms with E-state index in [1.807, 2.05) is 22.9 Å². The van der Waals surface area contributed by atoms with Crippen LogP contribution in [0.15, 0.2) is 53.5 Å². The Hall–Kier alpha value is -3.47. The highest BCUT2D eigenvalue weighted by Crippen LogP contribution is 2.27. The molecule has 0 bridgehead atoms. The molecule has 178 valence electrons. The molecule has 4 heterocycles. The average molecular weight is 483 g/mol. The number of benzene rings is 1. The van der Waals surface area contributed by atoms with Crippen molar-refractivity contribution in [3.05, 3.63) is 48.6 Å². The first-order valence-corrected chi connectivity index (χ1v) is 13.1. The minimum atomic E-state index is -3.28. The second-order valence-electron chi connectivity index (χ2n) is 8.65. The summed E-state index contributed by atoms with van der Waals surface area (Å²) in [6.45, 7) is 2.16. The van der Waals surface area contributed by atoms with Gasteiger partial charge >= 0.3 is 0 Å². The lowest BCUT2D eigenvalue weighted by molar-refractivity contribution is -0.130. The Bertz CT molecular complexity index is 1360. The molecule has 5 rings (SSSR count). The maximum Gasteiger partial charge on any atom is 0.269 e. The average Bonchev–Trinajstić information content (AvgIpc) is 3.45. The number of piperidine rings is 1. The fourth-order valence-corrected chi connectivity index (χ4v) is 4.99. The van der Waals surface area contributed by atoms with Crippen molar-refractivity contribution in [3.8, 4) is 11.6 Å². The summed E-state index contributed by atoms with van der Waals surface area (Å²) in [5.74, 6) is 0.540. The fraction of sp³-hybridized carbons (Fsp3) is 0.391. The van der Waals surface area contributed by atoms with E-state index in [0.29, 0.717) is 35.7 Å². The maximum absolute atomic E-state index is 12.8. The number of hydrogen-bond acceptors (Lipinski definition) is 8. The number of sulfone groups is 1. The number of likely N-dealkylation sites (tertiary alicyclic amines) is 1. The van der Waals surface area contributed by atoms with Crippen molar-refractivity contribution in [1.82, 2.24) is 29.5 Å². The zero-order chi connectivity index (χ0) is 23.9. The number of likely N-dealkylation sites (N-methyl/N-ethyl adjacent to an activating group) is 1. The maximum atomic E-state index is 12.8. The number of carbonyl (C=O) groups is 1. The third kappa shape index (κ3) is 4.23. The summed E-state index contributed by atoms with van der Waals surface area (Å²) in [4.78, 5) is 25.6. The predicted octanol–water partition coefficient (Wildman–Crippen LogP) is 1.81. The number of aromatic nitrogens is 4. The fourth-order valence-electron chi connectivity index (χ4n) is 4.36. The van der Waals surface area contributed by atoms with Crippen LogP contribution in [0.4, 0.5) is 0 Å². The van der Waals surface area contributed by atoms with Crippen molar-refractivity contribution >= 4 is 26.8 Å². The van der Waals surface area contributed by atoms with Crippen LogP contribution in [0.3, 0.4) is 0 Å². The number of rotatable bonds is 5. The van der Waals surface area contributed by atoms with E-state index in [1.165, 1.54) is 12.6 Å². The second-order valence-corrected chi connectivity index (χ2v) is 10.7. The highest BCUT2D eigenvalue weighted by molar-refractivity contribution is 7.90. The van der Waals surface area contributed by atoms with Crippen LogP contribution >= 0.6 is 0 Å². The van der Waals surface area contributed by atoms with Gasteiger partial charge in [0.2, 0.25) is 5.88 Å². The first-order valence-electron chi connectivity index (χ1n) is 11.2. The van der Waals surface area contributed by atoms with E-state index in [1.54, 1.807) is 35.1 Å². The van der Waals surface area contributed by atoms with Crippen molar-refractivity contribution in [2.45, 2.75) is 30.3 Å². The summed E-state index contributed by atoms with van der Waals surface area (Å²) in [5, 5.41) is 5.09. The Morgan fingerprint density at radius 1 is 1.09 bits per heavy atom. The monoisotopic (exact) mass is 482 g/mol. The molecule has 11 heteroatoms. The normalized spacial score (nSPS) is 17.3. The molecule has 0 radical (unpaired) electrons. The van der Waals surface area contributed by atoms with Crippen LogP contribution in [-0.2, 0) is 14.6 Å². The van der Waals surface area contributed by atoms with Gasteiger partial charge in [0.15, 0.2) is 15.5 Å². The molecule has 0 spiro atoms. The second kappa shape index (κ2) is 8.71. The van der Waals surface area contributed by atoms with Crippen molar-refractivity contribution in [1.29, 1.82) is 0 Å². The van der Waals surface area contributed by atoms with Crippen LogP contribution in [0.1, 0.15) is 19.3 Å². The van der Waals surface area contributed by atoms with Gasteiger partial charge in [-0.1, -0.05) is 6.08 Å². The topological polar surface area (TPSA) is 111 Å². The summed E-state index contributed by atoms with van der Waals surface area (Å²) in [6.07, 6.45) is 8.55. The number of hydrogen-bond donors (Lipinski definition) is 0. The van der Waals surface area contributed by atoms with Crippen molar-refractivity contribution in [2.75, 3.05) is 32.9 Å². The van der Waals surface area contributed by atoms with E-state index in [4.69, 9.17) is 4.74 Å². The van der Waals surface area contributed by atoms with E-state index < -0.39 is 9.84 Å². The van der Waals surface area contributed by atoms with Gasteiger partial charge in [0.05, 0.1) is 22.5 Å². The van der Waals surface area contributed by atoms with E-state index in [9.17, 15) is 13.2 Å². The summed E-state index contributed by atoms with van der Waals surface area (Å²) in [6, 6.07) is 6.47. The van der Waals surface area contributed by atoms with Crippen molar-refractivity contribution in [2.24, 2.45) is 0 Å². The quantitative estimate of drug-likeness (QED) is 0.542. The van der Waals surface area contributed by atoms with Crippen LogP contribution in [0.2, 0.25) is 0 Å². The third-order valence-electron chi connectivity index (χ3n) is 6.28. The van der Waals surface area contributed by atoms with Gasteiger partial charge in [0.1, 0.15) is 17.8 Å². The van der Waals surface area contributed by atoms with Gasteiger partial charge < -0.3 is 14.5 Å². The summed E-state index contributed by atoms with van der Waals surface area (Å²) in [5.41, 5.74) is 2.04. The van der Waals surface area contributed by atoms with Crippen LogP contribution < -0.4 is 4.74 Å². The summed E-state index contributed by atoms with van der Waals surface area (Å²) < 4.78 is 31.3. The van der Waals surface area contributed by atoms with Crippen molar-refractivity contribution < 1.29 is 17.9 Å². The third-order valence-corrected chi connectivity index (χ3v) is 7.41. The van der Waals surface area contributed by atoms with Gasteiger partial charge in [0, 0.05) is 45.8 Å². The molecule has 0 atom stereocenters. The first kappa shape index (κ1) is 22.3. The number of amides is 1. The van der Waals surface area contributed by atoms with Crippen LogP contribution in [-0.4, -0.2) is 82.9 Å². The van der Waals surface area contributed by atoms with E-state index in [2.05, 4.69) is 15.1 Å². The van der Waals surface area contributed by atoms with Crippen LogP contribution in [0.25, 0.3) is 16.7 Å². The van der Waals surface area contributed by atoms with Gasteiger partial charge in [-0.25, -0.2) is 23.1 Å². The highest BCUT2D eigenvalue weighted by Gasteiger charge is 2.29. The minimum Gasteiger partial charge on any atom is -0.474 e. The Labute approximate surface area is 197 Å². The zero-order valence-corrected chi connectivity index (χ0v) is 19.9. The number of fused-ring (bicyclic) bond motifs is 1. The zero-order valence-electron chi connectivity index (χ0n) is 19.1. The molecular formula is C23H26N6O4S. The van der Waals surface area contributed by atoms with Crippen LogP contribution in [0, 0.1) is 0 Å². The number of nitrogens with zero attached hydrogens (tertiary/aromatic N) is 6.